The van der Waals surface area contributed by atoms with Crippen molar-refractivity contribution in [1.29, 1.82) is 0 Å². The number of nitrogens with one attached hydrogen (secondary N) is 2. The molecule has 0 saturated carbocycles. The van der Waals surface area contributed by atoms with Gasteiger partial charge in [-0.3, -0.25) is 15.6 Å². The van der Waals surface area contributed by atoms with Gasteiger partial charge in [-0.15, -0.1) is 6.42 Å². The summed E-state index contributed by atoms with van der Waals surface area (Å²) in [5.74, 6) is 7.77. The van der Waals surface area contributed by atoms with Gasteiger partial charge in [0.15, 0.2) is 0 Å². The molecule has 0 atom stereocenters. The van der Waals surface area contributed by atoms with Gasteiger partial charge in [0, 0.05) is 36.0 Å². The first-order valence-electron chi connectivity index (χ1n) is 11.5. The van der Waals surface area contributed by atoms with Crippen LogP contribution in [0.3, 0.4) is 0 Å². The molecule has 7 nitrogen and oxygen atoms in total. The van der Waals surface area contributed by atoms with Crippen molar-refractivity contribution < 1.29 is 13.9 Å². The van der Waals surface area contributed by atoms with E-state index >= 15 is 0 Å². The largest absolute Gasteiger partial charge is 0.492 e. The Bertz CT molecular complexity index is 1270. The lowest BCUT2D eigenvalue weighted by Gasteiger charge is -2.17. The van der Waals surface area contributed by atoms with Gasteiger partial charge >= 0.3 is 0 Å². The monoisotopic (exact) mass is 511 g/mol. The van der Waals surface area contributed by atoms with Crippen molar-refractivity contribution in [3.05, 3.63) is 65.1 Å². The first-order chi connectivity index (χ1) is 17.3. The number of anilines is 3. The zero-order valence-electron chi connectivity index (χ0n) is 20.9. The first-order valence-corrected chi connectivity index (χ1v) is 11.9. The molecule has 0 aliphatic carbocycles. The summed E-state index contributed by atoms with van der Waals surface area (Å²) in [6.07, 6.45) is 9.94. The van der Waals surface area contributed by atoms with Crippen molar-refractivity contribution in [2.24, 2.45) is 5.84 Å². The van der Waals surface area contributed by atoms with Crippen LogP contribution in [0.25, 0.3) is 10.9 Å². The minimum Gasteiger partial charge on any atom is -0.492 e. The van der Waals surface area contributed by atoms with Gasteiger partial charge in [0.25, 0.3) is 0 Å². The highest BCUT2D eigenvalue weighted by molar-refractivity contribution is 6.31. The van der Waals surface area contributed by atoms with Crippen molar-refractivity contribution in [3.63, 3.8) is 0 Å². The van der Waals surface area contributed by atoms with Gasteiger partial charge in [0.05, 0.1) is 35.1 Å². The van der Waals surface area contributed by atoms with Crippen molar-refractivity contribution in [2.45, 2.75) is 27.7 Å². The zero-order valence-corrected chi connectivity index (χ0v) is 21.6. The van der Waals surface area contributed by atoms with Gasteiger partial charge < -0.3 is 15.4 Å². The highest BCUT2D eigenvalue weighted by Gasteiger charge is 2.14. The zero-order chi connectivity index (χ0) is 26.7. The fraction of sp³-hybridized carbons (Fsp3) is 0.259. The fourth-order valence-electron chi connectivity index (χ4n) is 3.23. The lowest BCUT2D eigenvalue weighted by Crippen LogP contribution is -2.31. The predicted molar refractivity (Wildman–Crippen MR) is 146 cm³/mol. The number of fused-ring (bicyclic) bond motifs is 1. The predicted octanol–water partition coefficient (Wildman–Crippen LogP) is 5.81. The van der Waals surface area contributed by atoms with Crippen LogP contribution in [-0.2, 0) is 4.79 Å². The van der Waals surface area contributed by atoms with Crippen LogP contribution in [0, 0.1) is 25.1 Å². The standard InChI is InChI=1S/C25H25ClFN5O2.C2H6/c1-4-10-32(28)11-6-7-24(33)31-22-13-18-21(14-23(22)34-5-2)29-15-16(3)25(18)30-17-8-9-20(27)19(26)12-17;1-2/h1,6-9,12-15H,5,10-11,28H2,2-3H3,(H,29,30)(H,31,33);1-2H3/b7-6+;. The van der Waals surface area contributed by atoms with Gasteiger partial charge in [0.1, 0.15) is 11.6 Å². The van der Waals surface area contributed by atoms with Gasteiger partial charge in [-0.05, 0) is 43.7 Å². The number of aryl methyl sites for hydroxylation is 1. The van der Waals surface area contributed by atoms with Crippen molar-refractivity contribution in [3.8, 4) is 18.1 Å². The normalized spacial score (nSPS) is 10.6. The third-order valence-corrected chi connectivity index (χ3v) is 5.10. The van der Waals surface area contributed by atoms with Crippen molar-refractivity contribution >= 4 is 45.5 Å². The fourth-order valence-corrected chi connectivity index (χ4v) is 3.41. The number of nitrogens with two attached hydrogens (primary N) is 1. The number of carbonyl (C=O) groups excluding carboxylic acids is 1. The summed E-state index contributed by atoms with van der Waals surface area (Å²) in [5.41, 5.74) is 3.35. The van der Waals surface area contributed by atoms with Crippen LogP contribution in [0.5, 0.6) is 5.75 Å². The van der Waals surface area contributed by atoms with E-state index < -0.39 is 5.82 Å². The Morgan fingerprint density at radius 1 is 1.33 bits per heavy atom. The minimum absolute atomic E-state index is 0.0117. The van der Waals surface area contributed by atoms with E-state index in [4.69, 9.17) is 28.6 Å². The number of hydrogen-bond donors (Lipinski definition) is 3. The molecule has 9 heteroatoms. The molecule has 1 aromatic heterocycles. The lowest BCUT2D eigenvalue weighted by molar-refractivity contribution is -0.111. The molecule has 3 rings (SSSR count). The number of aromatic nitrogens is 1. The van der Waals surface area contributed by atoms with Gasteiger partial charge in [-0.25, -0.2) is 9.40 Å². The number of nitrogens with zero attached hydrogens (tertiary/aromatic N) is 2. The average molecular weight is 512 g/mol. The summed E-state index contributed by atoms with van der Waals surface area (Å²) in [7, 11) is 0. The molecule has 36 heavy (non-hydrogen) atoms. The molecule has 1 amide bonds. The molecular weight excluding hydrogens is 481 g/mol. The Balaban J connectivity index is 0.00000222. The molecule has 190 valence electrons. The topological polar surface area (TPSA) is 92.5 Å². The highest BCUT2D eigenvalue weighted by atomic mass is 35.5. The van der Waals surface area contributed by atoms with Crippen LogP contribution < -0.4 is 21.2 Å². The molecule has 0 saturated heterocycles. The molecule has 4 N–H and O–H groups in total. The second kappa shape index (κ2) is 14.0. The summed E-state index contributed by atoms with van der Waals surface area (Å²) >= 11 is 5.94. The first kappa shape index (κ1) is 28.6. The van der Waals surface area contributed by atoms with E-state index in [2.05, 4.69) is 21.5 Å². The summed E-state index contributed by atoms with van der Waals surface area (Å²) in [4.78, 5) is 17.0. The Morgan fingerprint density at radius 3 is 2.75 bits per heavy atom. The van der Waals surface area contributed by atoms with Crippen molar-refractivity contribution in [2.75, 3.05) is 30.3 Å². The Kier molecular flexibility index (Phi) is 11.2. The number of hydrogen-bond acceptors (Lipinski definition) is 6. The van der Waals surface area contributed by atoms with E-state index in [0.29, 0.717) is 35.8 Å². The quantitative estimate of drug-likeness (QED) is 0.145. The molecule has 0 aliphatic rings. The lowest BCUT2D eigenvalue weighted by atomic mass is 10.1. The van der Waals surface area contributed by atoms with E-state index in [1.165, 1.54) is 23.2 Å². The molecular formula is C27H31ClFN5O2. The van der Waals surface area contributed by atoms with E-state index in [1.54, 1.807) is 30.5 Å². The summed E-state index contributed by atoms with van der Waals surface area (Å²) in [5, 5.41) is 8.28. The minimum atomic E-state index is -0.500. The van der Waals surface area contributed by atoms with Crippen LogP contribution in [0.2, 0.25) is 5.02 Å². The Labute approximate surface area is 216 Å². The maximum absolute atomic E-state index is 13.6. The van der Waals surface area contributed by atoms with Crippen LogP contribution >= 0.6 is 11.6 Å². The Morgan fingerprint density at radius 2 is 2.08 bits per heavy atom. The number of pyridine rings is 1. The molecule has 0 unspecified atom stereocenters. The molecule has 2 aromatic carbocycles. The molecule has 0 aliphatic heterocycles. The number of halogens is 2. The molecule has 3 aromatic rings. The van der Waals surface area contributed by atoms with Crippen LogP contribution in [-0.4, -0.2) is 35.6 Å². The van der Waals surface area contributed by atoms with Gasteiger partial charge in [-0.2, -0.15) is 0 Å². The van der Waals surface area contributed by atoms with Crippen LogP contribution in [0.15, 0.2) is 48.7 Å². The van der Waals surface area contributed by atoms with Crippen LogP contribution in [0.1, 0.15) is 26.3 Å². The highest BCUT2D eigenvalue weighted by Crippen LogP contribution is 2.36. The second-order valence-corrected chi connectivity index (χ2v) is 7.80. The molecule has 0 bridgehead atoms. The van der Waals surface area contributed by atoms with Gasteiger partial charge in [0.2, 0.25) is 5.91 Å². The maximum Gasteiger partial charge on any atom is 0.248 e. The van der Waals surface area contributed by atoms with E-state index in [1.807, 2.05) is 27.7 Å². The summed E-state index contributed by atoms with van der Waals surface area (Å²) < 4.78 is 19.3. The van der Waals surface area contributed by atoms with Gasteiger partial charge in [-0.1, -0.05) is 37.4 Å². The number of ether oxygens (including phenoxy) is 1. The Hall–Kier alpha value is -3.64. The van der Waals surface area contributed by atoms with E-state index in [9.17, 15) is 9.18 Å². The third kappa shape index (κ3) is 7.68. The maximum atomic E-state index is 13.6. The van der Waals surface area contributed by atoms with Crippen LogP contribution in [0.4, 0.5) is 21.5 Å². The average Bonchev–Trinajstić information content (AvgIpc) is 2.85. The smallest absolute Gasteiger partial charge is 0.248 e. The summed E-state index contributed by atoms with van der Waals surface area (Å²) in [6.45, 7) is 8.75. The van der Waals surface area contributed by atoms with Crippen molar-refractivity contribution in [1.82, 2.24) is 9.99 Å². The number of carbonyl (C=O) groups is 1. The summed E-state index contributed by atoms with van der Waals surface area (Å²) in [6, 6.07) is 7.93. The number of amides is 1. The SMILES string of the molecule is C#CCN(N)C/C=C/C(=O)Nc1cc2c(Nc3ccc(F)c(Cl)c3)c(C)cnc2cc1OCC.CC. The third-order valence-electron chi connectivity index (χ3n) is 4.81. The number of hydrazine groups is 1. The molecule has 0 spiro atoms. The van der Waals surface area contributed by atoms with E-state index in [0.717, 1.165) is 16.6 Å². The second-order valence-electron chi connectivity index (χ2n) is 7.39. The molecule has 1 heterocycles. The molecule has 0 fully saturated rings. The number of terminal acetylenes is 1. The number of rotatable bonds is 9. The number of benzene rings is 2. The molecule has 0 radical (unpaired) electrons. The van der Waals surface area contributed by atoms with E-state index in [-0.39, 0.29) is 17.5 Å².